The Kier molecular flexibility index (Phi) is 5.05. The van der Waals surface area contributed by atoms with E-state index in [0.717, 1.165) is 29.9 Å². The molecule has 2 aromatic rings. The Balaban J connectivity index is 1.48. The van der Waals surface area contributed by atoms with Crippen molar-refractivity contribution in [3.63, 3.8) is 0 Å². The third-order valence-electron chi connectivity index (χ3n) is 4.63. The van der Waals surface area contributed by atoms with Crippen molar-refractivity contribution in [1.82, 2.24) is 5.32 Å². The van der Waals surface area contributed by atoms with E-state index < -0.39 is 0 Å². The Hall–Kier alpha value is -2.89. The molecule has 0 radical (unpaired) electrons. The van der Waals surface area contributed by atoms with Gasteiger partial charge in [-0.05, 0) is 42.8 Å². The SMILES string of the molecule is C[C@H](NC(=O)c1ccc2c(c1)OCCCO2)c1ccc2c(c1)OCCCO2. The van der Waals surface area contributed by atoms with Crippen LogP contribution in [0.3, 0.4) is 0 Å². The second kappa shape index (κ2) is 7.78. The first kappa shape index (κ1) is 17.5. The van der Waals surface area contributed by atoms with Crippen molar-refractivity contribution in [2.24, 2.45) is 0 Å². The van der Waals surface area contributed by atoms with Crippen molar-refractivity contribution in [1.29, 1.82) is 0 Å². The Morgan fingerprint density at radius 1 is 0.815 bits per heavy atom. The smallest absolute Gasteiger partial charge is 0.251 e. The van der Waals surface area contributed by atoms with E-state index in [1.165, 1.54) is 0 Å². The van der Waals surface area contributed by atoms with E-state index in [4.69, 9.17) is 18.9 Å². The number of amides is 1. The van der Waals surface area contributed by atoms with Gasteiger partial charge in [-0.15, -0.1) is 0 Å². The lowest BCUT2D eigenvalue weighted by molar-refractivity contribution is 0.0939. The summed E-state index contributed by atoms with van der Waals surface area (Å²) in [5.74, 6) is 2.60. The van der Waals surface area contributed by atoms with E-state index in [0.29, 0.717) is 43.5 Å². The summed E-state index contributed by atoms with van der Waals surface area (Å²) in [6, 6.07) is 10.9. The highest BCUT2D eigenvalue weighted by Gasteiger charge is 2.18. The van der Waals surface area contributed by atoms with Crippen molar-refractivity contribution in [3.05, 3.63) is 47.5 Å². The van der Waals surface area contributed by atoms with Crippen molar-refractivity contribution in [3.8, 4) is 23.0 Å². The van der Waals surface area contributed by atoms with Gasteiger partial charge in [-0.3, -0.25) is 4.79 Å². The zero-order valence-corrected chi connectivity index (χ0v) is 15.3. The molecule has 2 heterocycles. The van der Waals surface area contributed by atoms with E-state index in [1.807, 2.05) is 25.1 Å². The summed E-state index contributed by atoms with van der Waals surface area (Å²) in [7, 11) is 0. The minimum absolute atomic E-state index is 0.162. The molecule has 2 aromatic carbocycles. The maximum absolute atomic E-state index is 12.7. The number of benzene rings is 2. The first-order valence-electron chi connectivity index (χ1n) is 9.31. The van der Waals surface area contributed by atoms with E-state index in [2.05, 4.69) is 5.32 Å². The van der Waals surface area contributed by atoms with Gasteiger partial charge in [0.1, 0.15) is 0 Å². The average Bonchev–Trinajstić information content (AvgIpc) is 3.06. The fourth-order valence-corrected chi connectivity index (χ4v) is 3.12. The number of nitrogens with one attached hydrogen (secondary N) is 1. The van der Waals surface area contributed by atoms with Crippen LogP contribution in [0.25, 0.3) is 0 Å². The van der Waals surface area contributed by atoms with Gasteiger partial charge in [0.25, 0.3) is 5.91 Å². The molecule has 0 saturated heterocycles. The fourth-order valence-electron chi connectivity index (χ4n) is 3.12. The van der Waals surface area contributed by atoms with Gasteiger partial charge in [-0.2, -0.15) is 0 Å². The van der Waals surface area contributed by atoms with Gasteiger partial charge in [0.15, 0.2) is 23.0 Å². The van der Waals surface area contributed by atoms with Gasteiger partial charge in [0, 0.05) is 18.4 Å². The quantitative estimate of drug-likeness (QED) is 0.897. The van der Waals surface area contributed by atoms with Gasteiger partial charge in [-0.25, -0.2) is 0 Å². The van der Waals surface area contributed by atoms with Crippen LogP contribution in [-0.4, -0.2) is 32.3 Å². The van der Waals surface area contributed by atoms with Crippen LogP contribution in [0.4, 0.5) is 0 Å². The molecule has 0 unspecified atom stereocenters. The predicted molar refractivity (Wildman–Crippen MR) is 100.0 cm³/mol. The summed E-state index contributed by atoms with van der Waals surface area (Å²) in [4.78, 5) is 12.7. The maximum atomic E-state index is 12.7. The molecule has 142 valence electrons. The number of carbonyl (C=O) groups is 1. The molecule has 4 rings (SSSR count). The molecule has 6 nitrogen and oxygen atoms in total. The van der Waals surface area contributed by atoms with Gasteiger partial charge >= 0.3 is 0 Å². The fraction of sp³-hybridized carbons (Fsp3) is 0.381. The topological polar surface area (TPSA) is 66.0 Å². The molecule has 27 heavy (non-hydrogen) atoms. The van der Waals surface area contributed by atoms with Gasteiger partial charge in [-0.1, -0.05) is 6.07 Å². The Morgan fingerprint density at radius 2 is 1.37 bits per heavy atom. The normalized spacial score (nSPS) is 16.6. The van der Waals surface area contributed by atoms with Crippen molar-refractivity contribution in [2.45, 2.75) is 25.8 Å². The minimum atomic E-state index is -0.175. The van der Waals surface area contributed by atoms with Crippen LogP contribution in [0, 0.1) is 0 Å². The molecule has 6 heteroatoms. The molecule has 2 aliphatic heterocycles. The van der Waals surface area contributed by atoms with Gasteiger partial charge in [0.05, 0.1) is 32.5 Å². The summed E-state index contributed by atoms with van der Waals surface area (Å²) in [6.07, 6.45) is 1.69. The number of rotatable bonds is 3. The first-order valence-corrected chi connectivity index (χ1v) is 9.31. The average molecular weight is 369 g/mol. The van der Waals surface area contributed by atoms with Crippen LogP contribution in [-0.2, 0) is 0 Å². The molecule has 0 aliphatic carbocycles. The lowest BCUT2D eigenvalue weighted by Gasteiger charge is -2.17. The van der Waals surface area contributed by atoms with Crippen molar-refractivity contribution >= 4 is 5.91 Å². The number of carbonyl (C=O) groups excluding carboxylic acids is 1. The summed E-state index contributed by atoms with van der Waals surface area (Å²) in [5, 5.41) is 3.03. The zero-order valence-electron chi connectivity index (χ0n) is 15.3. The van der Waals surface area contributed by atoms with Gasteiger partial charge < -0.3 is 24.3 Å². The molecule has 0 bridgehead atoms. The molecule has 1 amide bonds. The highest BCUT2D eigenvalue weighted by molar-refractivity contribution is 5.95. The molecule has 2 aliphatic rings. The van der Waals surface area contributed by atoms with Crippen LogP contribution in [0.2, 0.25) is 0 Å². The van der Waals surface area contributed by atoms with Crippen molar-refractivity contribution < 1.29 is 23.7 Å². The largest absolute Gasteiger partial charge is 0.490 e. The Labute approximate surface area is 158 Å². The van der Waals surface area contributed by atoms with E-state index in [-0.39, 0.29) is 11.9 Å². The molecule has 0 spiro atoms. The highest BCUT2D eigenvalue weighted by atomic mass is 16.5. The summed E-state index contributed by atoms with van der Waals surface area (Å²) < 4.78 is 22.7. The van der Waals surface area contributed by atoms with Gasteiger partial charge in [0.2, 0.25) is 0 Å². The van der Waals surface area contributed by atoms with E-state index >= 15 is 0 Å². The molecule has 1 N–H and O–H groups in total. The van der Waals surface area contributed by atoms with Crippen LogP contribution < -0.4 is 24.3 Å². The second-order valence-corrected chi connectivity index (χ2v) is 6.66. The van der Waals surface area contributed by atoms with Crippen LogP contribution >= 0.6 is 0 Å². The lowest BCUT2D eigenvalue weighted by Crippen LogP contribution is -2.26. The third-order valence-corrected chi connectivity index (χ3v) is 4.63. The number of hydrogen-bond donors (Lipinski definition) is 1. The Morgan fingerprint density at radius 3 is 2.04 bits per heavy atom. The van der Waals surface area contributed by atoms with Crippen LogP contribution in [0.5, 0.6) is 23.0 Å². The van der Waals surface area contributed by atoms with E-state index in [1.54, 1.807) is 18.2 Å². The third kappa shape index (κ3) is 3.94. The lowest BCUT2D eigenvalue weighted by atomic mass is 10.1. The molecule has 0 fully saturated rings. The summed E-state index contributed by atoms with van der Waals surface area (Å²) in [5.41, 5.74) is 1.50. The van der Waals surface area contributed by atoms with Crippen LogP contribution in [0.15, 0.2) is 36.4 Å². The second-order valence-electron chi connectivity index (χ2n) is 6.66. The monoisotopic (exact) mass is 369 g/mol. The number of hydrogen-bond acceptors (Lipinski definition) is 5. The minimum Gasteiger partial charge on any atom is -0.490 e. The van der Waals surface area contributed by atoms with E-state index in [9.17, 15) is 4.79 Å². The molecule has 0 aromatic heterocycles. The summed E-state index contributed by atoms with van der Waals surface area (Å²) in [6.45, 7) is 4.45. The van der Waals surface area contributed by atoms with Crippen molar-refractivity contribution in [2.75, 3.05) is 26.4 Å². The number of ether oxygens (including phenoxy) is 4. The zero-order chi connectivity index (χ0) is 18.6. The molecular weight excluding hydrogens is 346 g/mol. The molecule has 1 atom stereocenters. The number of fused-ring (bicyclic) bond motifs is 2. The van der Waals surface area contributed by atoms with Crippen LogP contribution in [0.1, 0.15) is 41.7 Å². The maximum Gasteiger partial charge on any atom is 0.251 e. The first-order chi connectivity index (χ1) is 13.2. The Bertz CT molecular complexity index is 835. The highest BCUT2D eigenvalue weighted by Crippen LogP contribution is 2.33. The predicted octanol–water partition coefficient (Wildman–Crippen LogP) is 3.50. The standard InChI is InChI=1S/C21H23NO5/c1-14(15-4-6-17-19(12-15)26-10-2-8-24-17)22-21(23)16-5-7-18-20(13-16)27-11-3-9-25-18/h4-7,12-14H,2-3,8-11H2,1H3,(H,22,23)/t14-/m0/s1. The molecular formula is C21H23NO5. The molecule has 0 saturated carbocycles. The summed E-state index contributed by atoms with van der Waals surface area (Å²) >= 11 is 0.